The monoisotopic (exact) mass is 279 g/mol. The van der Waals surface area contributed by atoms with E-state index in [9.17, 15) is 14.5 Å². The van der Waals surface area contributed by atoms with Gasteiger partial charge in [0.2, 0.25) is 0 Å². The number of benzene rings is 1. The third kappa shape index (κ3) is 1.91. The molecule has 0 unspecified atom stereocenters. The number of nitro groups is 1. The van der Waals surface area contributed by atoms with Crippen LogP contribution in [0.3, 0.4) is 0 Å². The lowest BCUT2D eigenvalue weighted by Gasteiger charge is -2.02. The van der Waals surface area contributed by atoms with Crippen LogP contribution in [0.4, 0.5) is 10.2 Å². The van der Waals surface area contributed by atoms with Crippen molar-refractivity contribution < 1.29 is 14.1 Å². The Hall–Kier alpha value is -2.48. The number of fused-ring (bicyclic) bond motifs is 1. The van der Waals surface area contributed by atoms with Gasteiger partial charge >= 0.3 is 11.7 Å². The van der Waals surface area contributed by atoms with E-state index in [0.717, 1.165) is 0 Å². The van der Waals surface area contributed by atoms with Crippen LogP contribution in [0, 0.1) is 15.9 Å². The minimum atomic E-state index is -0.608. The summed E-state index contributed by atoms with van der Waals surface area (Å²) in [6, 6.07) is 5.66. The molecule has 6 nitrogen and oxygen atoms in total. The van der Waals surface area contributed by atoms with Crippen LogP contribution in [0.15, 0.2) is 35.8 Å². The molecule has 8 heteroatoms. The maximum atomic E-state index is 13.5. The van der Waals surface area contributed by atoms with Gasteiger partial charge in [0, 0.05) is 5.38 Å². The second-order valence-electron chi connectivity index (χ2n) is 3.59. The molecule has 0 radical (unpaired) electrons. The summed E-state index contributed by atoms with van der Waals surface area (Å²) >= 11 is 1.23. The minimum Gasteiger partial charge on any atom is -0.429 e. The van der Waals surface area contributed by atoms with Gasteiger partial charge < -0.3 is 14.9 Å². The summed E-state index contributed by atoms with van der Waals surface area (Å²) in [5.74, 6) is -1.24. The maximum Gasteiger partial charge on any atom is 0.393 e. The third-order valence-electron chi connectivity index (χ3n) is 2.42. The number of nitrogens with zero attached hydrogens (tertiary/aromatic N) is 3. The normalized spacial score (nSPS) is 10.8. The molecule has 3 aromatic rings. The predicted octanol–water partition coefficient (Wildman–Crippen LogP) is 3.24. The van der Waals surface area contributed by atoms with E-state index >= 15 is 0 Å². The molecule has 19 heavy (non-hydrogen) atoms. The summed E-state index contributed by atoms with van der Waals surface area (Å²) in [4.78, 5) is 14.8. The van der Waals surface area contributed by atoms with Crippen LogP contribution < -0.4 is 4.74 Å². The molecule has 0 N–H and O–H groups in total. The molecule has 1 aromatic carbocycles. The van der Waals surface area contributed by atoms with Gasteiger partial charge in [-0.1, -0.05) is 23.5 Å². The van der Waals surface area contributed by atoms with Crippen molar-refractivity contribution in [1.29, 1.82) is 0 Å². The number of hydrogen-bond donors (Lipinski definition) is 0. The van der Waals surface area contributed by atoms with Crippen molar-refractivity contribution >= 4 is 22.1 Å². The Kier molecular flexibility index (Phi) is 2.64. The molecule has 0 aliphatic heterocycles. The molecule has 0 aliphatic carbocycles. The standard InChI is InChI=1S/C11H6FN3O3S/c12-7-3-1-2-4-8(7)18-9-10(15(16)17)14-5-6-19-11(14)13-9/h1-6H. The van der Waals surface area contributed by atoms with E-state index in [1.54, 1.807) is 11.4 Å². The highest BCUT2D eigenvalue weighted by molar-refractivity contribution is 7.15. The van der Waals surface area contributed by atoms with Crippen molar-refractivity contribution in [3.8, 4) is 11.6 Å². The molecule has 0 spiro atoms. The largest absolute Gasteiger partial charge is 0.429 e. The van der Waals surface area contributed by atoms with Crippen molar-refractivity contribution in [3.05, 3.63) is 51.8 Å². The first kappa shape index (κ1) is 11.6. The van der Waals surface area contributed by atoms with Gasteiger partial charge in [0.1, 0.15) is 6.20 Å². The van der Waals surface area contributed by atoms with Crippen LogP contribution in [-0.2, 0) is 0 Å². The molecule has 0 saturated carbocycles. The van der Waals surface area contributed by atoms with Gasteiger partial charge in [0.05, 0.1) is 0 Å². The Labute approximate surface area is 109 Å². The quantitative estimate of drug-likeness (QED) is 0.545. The lowest BCUT2D eigenvalue weighted by Crippen LogP contribution is -1.96. The molecule has 2 heterocycles. The van der Waals surface area contributed by atoms with Crippen molar-refractivity contribution in [1.82, 2.24) is 9.38 Å². The number of imidazole rings is 1. The van der Waals surface area contributed by atoms with Gasteiger partial charge in [-0.25, -0.2) is 4.39 Å². The zero-order valence-electron chi connectivity index (χ0n) is 9.32. The van der Waals surface area contributed by atoms with Crippen LogP contribution in [0.5, 0.6) is 11.6 Å². The molecule has 2 aromatic heterocycles. The maximum absolute atomic E-state index is 13.5. The summed E-state index contributed by atoms with van der Waals surface area (Å²) in [5, 5.41) is 12.7. The Morgan fingerprint density at radius 2 is 2.21 bits per heavy atom. The minimum absolute atomic E-state index is 0.101. The zero-order valence-corrected chi connectivity index (χ0v) is 10.1. The molecule has 3 rings (SSSR count). The van der Waals surface area contributed by atoms with E-state index < -0.39 is 10.7 Å². The Morgan fingerprint density at radius 1 is 1.42 bits per heavy atom. The number of aromatic nitrogens is 2. The zero-order chi connectivity index (χ0) is 13.4. The van der Waals surface area contributed by atoms with Crippen LogP contribution in [0.25, 0.3) is 4.96 Å². The topological polar surface area (TPSA) is 69.7 Å². The first-order chi connectivity index (χ1) is 9.16. The number of thiazole rings is 1. The van der Waals surface area contributed by atoms with E-state index in [4.69, 9.17) is 4.74 Å². The average molecular weight is 279 g/mol. The Balaban J connectivity index is 2.10. The number of halogens is 1. The van der Waals surface area contributed by atoms with Gasteiger partial charge in [-0.3, -0.25) is 0 Å². The molecule has 0 bridgehead atoms. The predicted molar refractivity (Wildman–Crippen MR) is 66.2 cm³/mol. The molecule has 0 aliphatic rings. The molecule has 0 fully saturated rings. The van der Waals surface area contributed by atoms with Gasteiger partial charge in [0.15, 0.2) is 11.6 Å². The van der Waals surface area contributed by atoms with E-state index in [0.29, 0.717) is 4.96 Å². The summed E-state index contributed by atoms with van der Waals surface area (Å²) in [6.45, 7) is 0. The first-order valence-corrected chi connectivity index (χ1v) is 6.07. The van der Waals surface area contributed by atoms with Gasteiger partial charge in [0.25, 0.3) is 4.96 Å². The van der Waals surface area contributed by atoms with Gasteiger partial charge in [-0.05, 0) is 17.1 Å². The lowest BCUT2D eigenvalue weighted by atomic mass is 10.3. The van der Waals surface area contributed by atoms with E-state index in [2.05, 4.69) is 4.98 Å². The van der Waals surface area contributed by atoms with E-state index in [1.165, 1.54) is 40.1 Å². The Bertz CT molecular complexity index is 767. The molecular formula is C11H6FN3O3S. The van der Waals surface area contributed by atoms with E-state index in [-0.39, 0.29) is 17.4 Å². The van der Waals surface area contributed by atoms with Crippen molar-refractivity contribution in [2.45, 2.75) is 0 Å². The summed E-state index contributed by atoms with van der Waals surface area (Å²) < 4.78 is 20.0. The van der Waals surface area contributed by atoms with Crippen molar-refractivity contribution in [3.63, 3.8) is 0 Å². The lowest BCUT2D eigenvalue weighted by molar-refractivity contribution is -0.391. The van der Waals surface area contributed by atoms with Gasteiger partial charge in [-0.15, -0.1) is 0 Å². The SMILES string of the molecule is O=[N+]([O-])c1c(Oc2ccccc2F)nc2sccn12. The van der Waals surface area contributed by atoms with Crippen LogP contribution in [0.1, 0.15) is 0 Å². The molecule has 0 amide bonds. The number of hydrogen-bond acceptors (Lipinski definition) is 5. The molecule has 96 valence electrons. The summed E-state index contributed by atoms with van der Waals surface area (Å²) in [6.07, 6.45) is 1.51. The molecular weight excluding hydrogens is 273 g/mol. The molecule has 0 saturated heterocycles. The third-order valence-corrected chi connectivity index (χ3v) is 3.18. The second-order valence-corrected chi connectivity index (χ2v) is 4.46. The van der Waals surface area contributed by atoms with Crippen molar-refractivity contribution in [2.24, 2.45) is 0 Å². The second kappa shape index (κ2) is 4.32. The van der Waals surface area contributed by atoms with Crippen LogP contribution in [0.2, 0.25) is 0 Å². The number of para-hydroxylation sites is 1. The molecule has 0 atom stereocenters. The van der Waals surface area contributed by atoms with Crippen LogP contribution in [-0.4, -0.2) is 14.3 Å². The summed E-state index contributed by atoms with van der Waals surface area (Å²) in [5.41, 5.74) is 0. The van der Waals surface area contributed by atoms with E-state index in [1.807, 2.05) is 0 Å². The fraction of sp³-hybridized carbons (Fsp3) is 0. The van der Waals surface area contributed by atoms with Crippen molar-refractivity contribution in [2.75, 3.05) is 0 Å². The van der Waals surface area contributed by atoms with Crippen LogP contribution >= 0.6 is 11.3 Å². The highest BCUT2D eigenvalue weighted by atomic mass is 32.1. The number of ether oxygens (including phenoxy) is 1. The highest BCUT2D eigenvalue weighted by Gasteiger charge is 2.26. The fourth-order valence-corrected chi connectivity index (χ4v) is 2.32. The number of rotatable bonds is 3. The summed E-state index contributed by atoms with van der Waals surface area (Å²) in [7, 11) is 0. The average Bonchev–Trinajstić information content (AvgIpc) is 2.91. The highest BCUT2D eigenvalue weighted by Crippen LogP contribution is 2.34. The fourth-order valence-electron chi connectivity index (χ4n) is 1.62. The first-order valence-electron chi connectivity index (χ1n) is 5.19. The smallest absolute Gasteiger partial charge is 0.393 e. The Morgan fingerprint density at radius 3 is 2.95 bits per heavy atom. The van der Waals surface area contributed by atoms with Gasteiger partial charge in [-0.2, -0.15) is 9.38 Å².